The second-order valence-electron chi connectivity index (χ2n) is 4.16. The summed E-state index contributed by atoms with van der Waals surface area (Å²) in [4.78, 5) is 0. The molecule has 1 heterocycles. The summed E-state index contributed by atoms with van der Waals surface area (Å²) in [5.74, 6) is 0.875. The molecule has 1 aromatic carbocycles. The van der Waals surface area contributed by atoms with Gasteiger partial charge in [0.1, 0.15) is 22.4 Å². The Kier molecular flexibility index (Phi) is 5.10. The Morgan fingerprint density at radius 2 is 2.00 bits per heavy atom. The van der Waals surface area contributed by atoms with Gasteiger partial charge in [0, 0.05) is 12.0 Å². The van der Waals surface area contributed by atoms with E-state index >= 15 is 0 Å². The normalized spacial score (nSPS) is 11.1. The third-order valence-electron chi connectivity index (χ3n) is 2.61. The Morgan fingerprint density at radius 3 is 2.68 bits per heavy atom. The van der Waals surface area contributed by atoms with Crippen molar-refractivity contribution >= 4 is 11.3 Å². The first-order valence-electron chi connectivity index (χ1n) is 6.50. The monoisotopic (exact) mass is 274 g/mol. The number of aryl methyl sites for hydroxylation is 1. The van der Waals surface area contributed by atoms with E-state index in [1.165, 1.54) is 0 Å². The quantitative estimate of drug-likeness (QED) is 0.743. The van der Waals surface area contributed by atoms with Crippen molar-refractivity contribution in [1.29, 1.82) is 0 Å². The average Bonchev–Trinajstić information content (AvgIpc) is 2.89. The Balaban J connectivity index is 2.04. The molecule has 100 valence electrons. The number of benzene rings is 1. The van der Waals surface area contributed by atoms with Gasteiger partial charge in [-0.1, -0.05) is 30.4 Å². The van der Waals surface area contributed by atoms with E-state index in [1.807, 2.05) is 43.3 Å². The zero-order valence-corrected chi connectivity index (χ0v) is 12.1. The lowest BCUT2D eigenvalue weighted by Crippen LogP contribution is -1.92. The molecule has 1 aromatic heterocycles. The van der Waals surface area contributed by atoms with Crippen molar-refractivity contribution in [3.63, 3.8) is 0 Å². The fourth-order valence-corrected chi connectivity index (χ4v) is 2.57. The van der Waals surface area contributed by atoms with Gasteiger partial charge in [0.15, 0.2) is 0 Å². The van der Waals surface area contributed by atoms with Gasteiger partial charge in [-0.3, -0.25) is 0 Å². The van der Waals surface area contributed by atoms with E-state index in [4.69, 9.17) is 4.74 Å². The molecule has 0 radical (unpaired) electrons. The molecule has 0 spiro atoms. The number of ether oxygens (including phenoxy) is 1. The van der Waals surface area contributed by atoms with E-state index in [2.05, 4.69) is 17.1 Å². The minimum absolute atomic E-state index is 0.606. The zero-order valence-electron chi connectivity index (χ0n) is 11.3. The van der Waals surface area contributed by atoms with Crippen LogP contribution in [0.5, 0.6) is 5.75 Å². The lowest BCUT2D eigenvalue weighted by molar-refractivity contribution is 0.363. The second kappa shape index (κ2) is 7.04. The van der Waals surface area contributed by atoms with Crippen molar-refractivity contribution in [2.45, 2.75) is 26.7 Å². The lowest BCUT2D eigenvalue weighted by atomic mass is 10.2. The van der Waals surface area contributed by atoms with Crippen LogP contribution in [-0.2, 0) is 6.42 Å². The van der Waals surface area contributed by atoms with E-state index in [0.29, 0.717) is 6.61 Å². The van der Waals surface area contributed by atoms with Gasteiger partial charge in [0.05, 0.1) is 0 Å². The van der Waals surface area contributed by atoms with Gasteiger partial charge in [0.2, 0.25) is 0 Å². The van der Waals surface area contributed by atoms with Crippen LogP contribution in [0, 0.1) is 0 Å². The molecule has 2 aromatic rings. The first-order chi connectivity index (χ1) is 9.33. The standard InChI is InChI=1S/C15H18N2OS/c1-3-5-11-18-13-9-7-12(8-10-13)15-17-16-14(19-15)6-4-2/h3,5,7-10H,4,6,11H2,1-2H3/b5-3+. The predicted octanol–water partition coefficient (Wildman–Crippen LogP) is 4.11. The van der Waals surface area contributed by atoms with Gasteiger partial charge in [-0.2, -0.15) is 0 Å². The highest BCUT2D eigenvalue weighted by molar-refractivity contribution is 7.14. The van der Waals surface area contributed by atoms with Crippen molar-refractivity contribution in [2.24, 2.45) is 0 Å². The Bertz CT molecular complexity index is 531. The third kappa shape index (κ3) is 3.89. The van der Waals surface area contributed by atoms with Crippen molar-refractivity contribution in [3.8, 4) is 16.3 Å². The third-order valence-corrected chi connectivity index (χ3v) is 3.65. The molecule has 0 bridgehead atoms. The molecule has 0 unspecified atom stereocenters. The maximum Gasteiger partial charge on any atom is 0.147 e. The molecule has 0 fully saturated rings. The van der Waals surface area contributed by atoms with Crippen molar-refractivity contribution in [1.82, 2.24) is 10.2 Å². The fourth-order valence-electron chi connectivity index (χ4n) is 1.62. The van der Waals surface area contributed by atoms with Crippen molar-refractivity contribution in [2.75, 3.05) is 6.61 Å². The molecule has 0 N–H and O–H groups in total. The summed E-state index contributed by atoms with van der Waals surface area (Å²) >= 11 is 1.66. The van der Waals surface area contributed by atoms with Gasteiger partial charge >= 0.3 is 0 Å². The Morgan fingerprint density at radius 1 is 1.21 bits per heavy atom. The molecular weight excluding hydrogens is 256 g/mol. The zero-order chi connectivity index (χ0) is 13.5. The topological polar surface area (TPSA) is 35.0 Å². The molecule has 0 aliphatic heterocycles. The molecule has 0 saturated carbocycles. The van der Waals surface area contributed by atoms with Crippen molar-refractivity contribution in [3.05, 3.63) is 41.4 Å². The second-order valence-corrected chi connectivity index (χ2v) is 5.22. The molecule has 3 nitrogen and oxygen atoms in total. The summed E-state index contributed by atoms with van der Waals surface area (Å²) in [5, 5.41) is 10.5. The van der Waals surface area contributed by atoms with Gasteiger partial charge in [-0.05, 0) is 37.6 Å². The number of hydrogen-bond donors (Lipinski definition) is 0. The molecule has 0 atom stereocenters. The van der Waals surface area contributed by atoms with Crippen LogP contribution in [-0.4, -0.2) is 16.8 Å². The van der Waals surface area contributed by atoms with Crippen LogP contribution < -0.4 is 4.74 Å². The smallest absolute Gasteiger partial charge is 0.147 e. The summed E-state index contributed by atoms with van der Waals surface area (Å²) in [6, 6.07) is 8.00. The average molecular weight is 274 g/mol. The van der Waals surface area contributed by atoms with E-state index < -0.39 is 0 Å². The van der Waals surface area contributed by atoms with E-state index in [-0.39, 0.29) is 0 Å². The number of aromatic nitrogens is 2. The Hall–Kier alpha value is -1.68. The first-order valence-corrected chi connectivity index (χ1v) is 7.32. The predicted molar refractivity (Wildman–Crippen MR) is 79.6 cm³/mol. The summed E-state index contributed by atoms with van der Waals surface area (Å²) in [7, 11) is 0. The highest BCUT2D eigenvalue weighted by atomic mass is 32.1. The van der Waals surface area contributed by atoms with E-state index in [0.717, 1.165) is 34.2 Å². The summed E-state index contributed by atoms with van der Waals surface area (Å²) in [6.07, 6.45) is 6.06. The molecule has 0 amide bonds. The molecule has 0 aliphatic rings. The van der Waals surface area contributed by atoms with Crippen LogP contribution in [0.4, 0.5) is 0 Å². The maximum absolute atomic E-state index is 5.56. The minimum atomic E-state index is 0.606. The molecule has 0 aliphatic carbocycles. The summed E-state index contributed by atoms with van der Waals surface area (Å²) < 4.78 is 5.56. The molecule has 4 heteroatoms. The minimum Gasteiger partial charge on any atom is -0.490 e. The largest absolute Gasteiger partial charge is 0.490 e. The van der Waals surface area contributed by atoms with Gasteiger partial charge in [-0.15, -0.1) is 10.2 Å². The van der Waals surface area contributed by atoms with Gasteiger partial charge in [0.25, 0.3) is 0 Å². The summed E-state index contributed by atoms with van der Waals surface area (Å²) in [6.45, 7) is 4.74. The maximum atomic E-state index is 5.56. The van der Waals surface area contributed by atoms with Crippen LogP contribution in [0.25, 0.3) is 10.6 Å². The van der Waals surface area contributed by atoms with Gasteiger partial charge in [-0.25, -0.2) is 0 Å². The highest BCUT2D eigenvalue weighted by Gasteiger charge is 2.06. The first kappa shape index (κ1) is 13.7. The van der Waals surface area contributed by atoms with Crippen LogP contribution in [0.2, 0.25) is 0 Å². The molecule has 19 heavy (non-hydrogen) atoms. The number of allylic oxidation sites excluding steroid dienone is 1. The molecule has 0 saturated heterocycles. The summed E-state index contributed by atoms with van der Waals surface area (Å²) in [5.41, 5.74) is 1.10. The number of rotatable bonds is 6. The number of hydrogen-bond acceptors (Lipinski definition) is 4. The van der Waals surface area contributed by atoms with Gasteiger partial charge < -0.3 is 4.74 Å². The van der Waals surface area contributed by atoms with Crippen LogP contribution in [0.3, 0.4) is 0 Å². The van der Waals surface area contributed by atoms with Crippen LogP contribution in [0.15, 0.2) is 36.4 Å². The van der Waals surface area contributed by atoms with E-state index in [1.54, 1.807) is 11.3 Å². The number of nitrogens with zero attached hydrogens (tertiary/aromatic N) is 2. The van der Waals surface area contributed by atoms with Crippen LogP contribution >= 0.6 is 11.3 Å². The molecule has 2 rings (SSSR count). The SMILES string of the molecule is C/C=C/COc1ccc(-c2nnc(CCC)s2)cc1. The fraction of sp³-hybridized carbons (Fsp3) is 0.333. The lowest BCUT2D eigenvalue weighted by Gasteiger charge is -2.03. The molecular formula is C15H18N2OS. The van der Waals surface area contributed by atoms with Crippen molar-refractivity contribution < 1.29 is 4.74 Å². The highest BCUT2D eigenvalue weighted by Crippen LogP contribution is 2.25. The Labute approximate surface area is 118 Å². The van der Waals surface area contributed by atoms with Crippen LogP contribution in [0.1, 0.15) is 25.3 Å². The van der Waals surface area contributed by atoms with E-state index in [9.17, 15) is 0 Å².